The lowest BCUT2D eigenvalue weighted by Crippen LogP contribution is -2.31. The van der Waals surface area contributed by atoms with E-state index in [1.807, 2.05) is 4.72 Å². The monoisotopic (exact) mass is 463 g/mol. The molecule has 172 valence electrons. The lowest BCUT2D eigenvalue weighted by Gasteiger charge is -2.09. The smallest absolute Gasteiger partial charge is 0.357 e. The minimum atomic E-state index is -4.18. The highest BCUT2D eigenvalue weighted by atomic mass is 32.2. The molecule has 0 aliphatic rings. The number of carbonyl (C=O) groups is 3. The van der Waals surface area contributed by atoms with Gasteiger partial charge in [-0.1, -0.05) is 0 Å². The second-order valence-electron chi connectivity index (χ2n) is 6.95. The van der Waals surface area contributed by atoms with Gasteiger partial charge in [-0.25, -0.2) is 22.9 Å². The molecule has 2 aromatic rings. The number of benzene rings is 1. The molecule has 0 saturated heterocycles. The topological polar surface area (TPSA) is 141 Å². The Bertz CT molecular complexity index is 1050. The number of esters is 1. The number of hydrogen-bond acceptors (Lipinski definition) is 8. The highest BCUT2D eigenvalue weighted by molar-refractivity contribution is 7.90. The first kappa shape index (κ1) is 25.0. The standard InChI is InChI=1S/C21H25N3O7S/c1-14(2)31-21(27)18-10-7-16(13-23-18)20(26)24-32(28,29)17-8-5-15(6-9-17)19(25)22-11-4-12-30-3/h5-10,13-14H,4,11-12H2,1-3H3,(H,22,25)(H,24,26). The van der Waals surface area contributed by atoms with Crippen LogP contribution in [0.2, 0.25) is 0 Å². The molecule has 0 atom stereocenters. The SMILES string of the molecule is COCCCNC(=O)c1ccc(S(=O)(=O)NC(=O)c2ccc(C(=O)OC(C)C)nc2)cc1. The molecule has 0 bridgehead atoms. The van der Waals surface area contributed by atoms with Gasteiger partial charge in [0.15, 0.2) is 0 Å². The summed E-state index contributed by atoms with van der Waals surface area (Å²) in [5, 5.41) is 2.69. The molecule has 0 fully saturated rings. The quantitative estimate of drug-likeness (QED) is 0.399. The van der Waals surface area contributed by atoms with Gasteiger partial charge in [0.25, 0.3) is 21.8 Å². The van der Waals surface area contributed by atoms with Gasteiger partial charge in [0.05, 0.1) is 16.6 Å². The fraction of sp³-hybridized carbons (Fsp3) is 0.333. The molecule has 32 heavy (non-hydrogen) atoms. The van der Waals surface area contributed by atoms with Gasteiger partial charge in [-0.05, 0) is 56.7 Å². The van der Waals surface area contributed by atoms with E-state index in [1.54, 1.807) is 21.0 Å². The molecular formula is C21H25N3O7S. The van der Waals surface area contributed by atoms with Gasteiger partial charge >= 0.3 is 5.97 Å². The number of ether oxygens (including phenoxy) is 2. The summed E-state index contributed by atoms with van der Waals surface area (Å²) in [6.45, 7) is 4.31. The van der Waals surface area contributed by atoms with E-state index in [0.29, 0.717) is 19.6 Å². The number of amides is 2. The van der Waals surface area contributed by atoms with Crippen LogP contribution in [0.1, 0.15) is 51.5 Å². The molecule has 10 nitrogen and oxygen atoms in total. The first-order valence-electron chi connectivity index (χ1n) is 9.75. The minimum Gasteiger partial charge on any atom is -0.458 e. The van der Waals surface area contributed by atoms with Crippen LogP contribution in [-0.2, 0) is 19.5 Å². The van der Waals surface area contributed by atoms with Crippen LogP contribution >= 0.6 is 0 Å². The van der Waals surface area contributed by atoms with Crippen LogP contribution < -0.4 is 10.0 Å². The van der Waals surface area contributed by atoms with E-state index >= 15 is 0 Å². The molecule has 1 heterocycles. The number of hydrogen-bond donors (Lipinski definition) is 2. The molecule has 0 spiro atoms. The largest absolute Gasteiger partial charge is 0.458 e. The van der Waals surface area contributed by atoms with E-state index in [4.69, 9.17) is 9.47 Å². The van der Waals surface area contributed by atoms with Crippen molar-refractivity contribution < 1.29 is 32.3 Å². The zero-order valence-corrected chi connectivity index (χ0v) is 18.8. The molecule has 0 radical (unpaired) electrons. The number of sulfonamides is 1. The predicted octanol–water partition coefficient (Wildman–Crippen LogP) is 1.53. The van der Waals surface area contributed by atoms with Crippen molar-refractivity contribution in [2.45, 2.75) is 31.3 Å². The van der Waals surface area contributed by atoms with Crippen molar-refractivity contribution in [1.29, 1.82) is 0 Å². The molecule has 2 amide bonds. The van der Waals surface area contributed by atoms with Crippen LogP contribution in [0.25, 0.3) is 0 Å². The number of carbonyl (C=O) groups excluding carboxylic acids is 3. The maximum Gasteiger partial charge on any atom is 0.357 e. The predicted molar refractivity (Wildman–Crippen MR) is 115 cm³/mol. The maximum absolute atomic E-state index is 12.5. The number of nitrogens with zero attached hydrogens (tertiary/aromatic N) is 1. The number of methoxy groups -OCH3 is 1. The summed E-state index contributed by atoms with van der Waals surface area (Å²) in [7, 11) is -2.62. The van der Waals surface area contributed by atoms with E-state index in [-0.39, 0.29) is 33.7 Å². The van der Waals surface area contributed by atoms with Crippen molar-refractivity contribution in [1.82, 2.24) is 15.0 Å². The van der Waals surface area contributed by atoms with Gasteiger partial charge < -0.3 is 14.8 Å². The Labute approximate surface area is 186 Å². The molecule has 1 aromatic heterocycles. The third-order valence-electron chi connectivity index (χ3n) is 4.04. The molecule has 0 aliphatic carbocycles. The van der Waals surface area contributed by atoms with Crippen LogP contribution in [-0.4, -0.2) is 57.6 Å². The van der Waals surface area contributed by atoms with E-state index in [0.717, 1.165) is 6.20 Å². The Balaban J connectivity index is 2.02. The molecule has 0 saturated carbocycles. The van der Waals surface area contributed by atoms with Gasteiger partial charge in [-0.2, -0.15) is 0 Å². The number of nitrogens with one attached hydrogen (secondary N) is 2. The number of rotatable bonds is 10. The zero-order valence-electron chi connectivity index (χ0n) is 18.0. The molecular weight excluding hydrogens is 438 g/mol. The van der Waals surface area contributed by atoms with Gasteiger partial charge in [-0.3, -0.25) is 9.59 Å². The van der Waals surface area contributed by atoms with Crippen LogP contribution in [0.15, 0.2) is 47.5 Å². The zero-order chi connectivity index (χ0) is 23.7. The Kier molecular flexibility index (Phi) is 8.85. The highest BCUT2D eigenvalue weighted by Crippen LogP contribution is 2.12. The van der Waals surface area contributed by atoms with Gasteiger partial charge in [-0.15, -0.1) is 0 Å². The molecule has 1 aromatic carbocycles. The maximum atomic E-state index is 12.5. The summed E-state index contributed by atoms with van der Waals surface area (Å²) < 4.78 is 36.8. The summed E-state index contributed by atoms with van der Waals surface area (Å²) in [4.78, 5) is 39.8. The lowest BCUT2D eigenvalue weighted by atomic mass is 10.2. The van der Waals surface area contributed by atoms with E-state index < -0.39 is 21.9 Å². The van der Waals surface area contributed by atoms with Crippen molar-refractivity contribution in [3.05, 3.63) is 59.4 Å². The molecule has 0 aliphatic heterocycles. The molecule has 11 heteroatoms. The van der Waals surface area contributed by atoms with Crippen molar-refractivity contribution in [2.75, 3.05) is 20.3 Å². The summed E-state index contributed by atoms with van der Waals surface area (Å²) in [5.74, 6) is -1.92. The Morgan fingerprint density at radius 3 is 2.22 bits per heavy atom. The fourth-order valence-corrected chi connectivity index (χ4v) is 3.44. The average Bonchev–Trinajstić information content (AvgIpc) is 2.76. The summed E-state index contributed by atoms with van der Waals surface area (Å²) in [6, 6.07) is 7.69. The lowest BCUT2D eigenvalue weighted by molar-refractivity contribution is 0.0370. The fourth-order valence-electron chi connectivity index (χ4n) is 2.47. The normalized spacial score (nSPS) is 11.1. The van der Waals surface area contributed by atoms with Crippen LogP contribution in [0.4, 0.5) is 0 Å². The molecule has 0 unspecified atom stereocenters. The second kappa shape index (κ2) is 11.3. The van der Waals surface area contributed by atoms with Gasteiger partial charge in [0.1, 0.15) is 5.69 Å². The van der Waals surface area contributed by atoms with E-state index in [2.05, 4.69) is 10.3 Å². The average molecular weight is 464 g/mol. The number of aromatic nitrogens is 1. The van der Waals surface area contributed by atoms with Gasteiger partial charge in [0.2, 0.25) is 0 Å². The van der Waals surface area contributed by atoms with E-state index in [9.17, 15) is 22.8 Å². The van der Waals surface area contributed by atoms with Crippen LogP contribution in [0, 0.1) is 0 Å². The first-order chi connectivity index (χ1) is 15.1. The molecule has 2 rings (SSSR count). The van der Waals surface area contributed by atoms with Crippen LogP contribution in [0.3, 0.4) is 0 Å². The minimum absolute atomic E-state index is 0.00538. The number of pyridine rings is 1. The third kappa shape index (κ3) is 7.13. The summed E-state index contributed by atoms with van der Waals surface area (Å²) in [6.07, 6.45) is 1.40. The van der Waals surface area contributed by atoms with Crippen molar-refractivity contribution in [3.8, 4) is 0 Å². The van der Waals surface area contributed by atoms with Gasteiger partial charge in [0, 0.05) is 32.0 Å². The molecule has 2 N–H and O–H groups in total. The Morgan fingerprint density at radius 1 is 1.00 bits per heavy atom. The Morgan fingerprint density at radius 2 is 1.66 bits per heavy atom. The van der Waals surface area contributed by atoms with Crippen LogP contribution in [0.5, 0.6) is 0 Å². The third-order valence-corrected chi connectivity index (χ3v) is 5.39. The Hall–Kier alpha value is -3.31. The van der Waals surface area contributed by atoms with Crippen molar-refractivity contribution >= 4 is 27.8 Å². The summed E-state index contributed by atoms with van der Waals surface area (Å²) >= 11 is 0. The van der Waals surface area contributed by atoms with Crippen molar-refractivity contribution in [3.63, 3.8) is 0 Å². The van der Waals surface area contributed by atoms with Crippen molar-refractivity contribution in [2.24, 2.45) is 0 Å². The van der Waals surface area contributed by atoms with E-state index in [1.165, 1.54) is 36.4 Å². The summed E-state index contributed by atoms with van der Waals surface area (Å²) in [5.41, 5.74) is 0.219. The second-order valence-corrected chi connectivity index (χ2v) is 8.63. The first-order valence-corrected chi connectivity index (χ1v) is 11.2. The highest BCUT2D eigenvalue weighted by Gasteiger charge is 2.20.